The van der Waals surface area contributed by atoms with Crippen LogP contribution in [-0.2, 0) is 17.9 Å². The van der Waals surface area contributed by atoms with Gasteiger partial charge in [0.25, 0.3) is 0 Å². The minimum absolute atomic E-state index is 0.307. The lowest BCUT2D eigenvalue weighted by molar-refractivity contribution is 0.0209. The van der Waals surface area contributed by atoms with Gasteiger partial charge in [0.1, 0.15) is 0 Å². The molecule has 1 aromatic heterocycles. The quantitative estimate of drug-likeness (QED) is 0.756. The van der Waals surface area contributed by atoms with E-state index in [2.05, 4.69) is 4.98 Å². The number of nitrogens with zero attached hydrogens (tertiary/aromatic N) is 2. The minimum atomic E-state index is -0.550. The molecule has 3 rings (SSSR count). The smallest absolute Gasteiger partial charge is 0.0959 e. The van der Waals surface area contributed by atoms with Gasteiger partial charge in [0.15, 0.2) is 0 Å². The van der Waals surface area contributed by atoms with Crippen molar-refractivity contribution in [3.8, 4) is 0 Å². The molecule has 0 saturated heterocycles. The number of hydrogen-bond acceptors (Lipinski definition) is 3. The van der Waals surface area contributed by atoms with Crippen LogP contribution in [0.3, 0.4) is 0 Å². The molecule has 0 aliphatic heterocycles. The Morgan fingerprint density at radius 1 is 1.05 bits per heavy atom. The fourth-order valence-electron chi connectivity index (χ4n) is 2.32. The van der Waals surface area contributed by atoms with Crippen LogP contribution < -0.4 is 0 Å². The molecule has 0 spiro atoms. The monoisotopic (exact) mass is 282 g/mol. The molecule has 2 aromatic carbocycles. The van der Waals surface area contributed by atoms with Gasteiger partial charge in [0.2, 0.25) is 0 Å². The number of aromatic nitrogens is 2. The predicted molar refractivity (Wildman–Crippen MR) is 81.8 cm³/mol. The third kappa shape index (κ3) is 3.48. The first-order valence-corrected chi connectivity index (χ1v) is 7.02. The van der Waals surface area contributed by atoms with Crippen molar-refractivity contribution in [3.05, 3.63) is 66.5 Å². The van der Waals surface area contributed by atoms with E-state index in [9.17, 15) is 5.11 Å². The summed E-state index contributed by atoms with van der Waals surface area (Å²) in [5.41, 5.74) is 3.08. The first-order valence-electron chi connectivity index (χ1n) is 7.02. The van der Waals surface area contributed by atoms with Crippen LogP contribution in [0.4, 0.5) is 0 Å². The van der Waals surface area contributed by atoms with E-state index in [0.717, 1.165) is 16.6 Å². The summed E-state index contributed by atoms with van der Waals surface area (Å²) in [6.07, 6.45) is 1.21. The van der Waals surface area contributed by atoms with Gasteiger partial charge in [-0.2, -0.15) is 0 Å². The van der Waals surface area contributed by atoms with E-state index in [1.807, 2.05) is 59.2 Å². The van der Waals surface area contributed by atoms with Gasteiger partial charge in [-0.3, -0.25) is 0 Å². The average Bonchev–Trinajstić information content (AvgIpc) is 2.92. The third-order valence-corrected chi connectivity index (χ3v) is 3.36. The molecular formula is C17H18N2O2. The van der Waals surface area contributed by atoms with Crippen LogP contribution in [0.5, 0.6) is 0 Å². The first-order chi connectivity index (χ1) is 10.3. The Labute approximate surface area is 123 Å². The highest BCUT2D eigenvalue weighted by molar-refractivity contribution is 5.74. The van der Waals surface area contributed by atoms with Crippen LogP contribution in [0.1, 0.15) is 5.56 Å². The van der Waals surface area contributed by atoms with E-state index in [-0.39, 0.29) is 0 Å². The molecule has 0 aliphatic carbocycles. The minimum Gasteiger partial charge on any atom is -0.389 e. The van der Waals surface area contributed by atoms with Gasteiger partial charge in [0, 0.05) is 0 Å². The summed E-state index contributed by atoms with van der Waals surface area (Å²) in [5.74, 6) is 0. The number of para-hydroxylation sites is 2. The summed E-state index contributed by atoms with van der Waals surface area (Å²) in [6, 6.07) is 17.8. The molecular weight excluding hydrogens is 264 g/mol. The maximum absolute atomic E-state index is 10.1. The molecule has 3 aromatic rings. The van der Waals surface area contributed by atoms with Crippen molar-refractivity contribution in [3.63, 3.8) is 0 Å². The topological polar surface area (TPSA) is 47.3 Å². The van der Waals surface area contributed by atoms with Crippen molar-refractivity contribution in [2.45, 2.75) is 19.3 Å². The molecule has 1 atom stereocenters. The van der Waals surface area contributed by atoms with E-state index < -0.39 is 6.10 Å². The molecule has 0 fully saturated rings. The lowest BCUT2D eigenvalue weighted by atomic mass is 10.2. The number of hydrogen-bond donors (Lipinski definition) is 1. The van der Waals surface area contributed by atoms with Crippen molar-refractivity contribution in [2.24, 2.45) is 0 Å². The Balaban J connectivity index is 1.53. The van der Waals surface area contributed by atoms with Gasteiger partial charge < -0.3 is 14.4 Å². The lowest BCUT2D eigenvalue weighted by Gasteiger charge is -2.12. The maximum atomic E-state index is 10.1. The summed E-state index contributed by atoms with van der Waals surface area (Å²) in [5, 5.41) is 10.1. The van der Waals surface area contributed by atoms with E-state index in [1.165, 1.54) is 0 Å². The zero-order chi connectivity index (χ0) is 14.5. The lowest BCUT2D eigenvalue weighted by Crippen LogP contribution is -2.21. The zero-order valence-corrected chi connectivity index (χ0v) is 11.7. The molecule has 0 saturated carbocycles. The van der Waals surface area contributed by atoms with Gasteiger partial charge in [-0.05, 0) is 17.7 Å². The van der Waals surface area contributed by atoms with Crippen LogP contribution in [0.15, 0.2) is 60.9 Å². The van der Waals surface area contributed by atoms with Gasteiger partial charge in [-0.1, -0.05) is 42.5 Å². The van der Waals surface area contributed by atoms with Crippen LogP contribution in [-0.4, -0.2) is 27.4 Å². The van der Waals surface area contributed by atoms with Crippen molar-refractivity contribution < 1.29 is 9.84 Å². The van der Waals surface area contributed by atoms with Crippen LogP contribution >= 0.6 is 0 Å². The SMILES string of the molecule is O[C@@H](COCc1ccccc1)Cn1cnc2ccccc21. The number of aliphatic hydroxyl groups is 1. The summed E-state index contributed by atoms with van der Waals surface area (Å²) in [7, 11) is 0. The molecule has 1 heterocycles. The number of fused-ring (bicyclic) bond motifs is 1. The largest absolute Gasteiger partial charge is 0.389 e. The number of benzene rings is 2. The standard InChI is InChI=1S/C17H18N2O2/c20-15(12-21-11-14-6-2-1-3-7-14)10-19-13-18-16-8-4-5-9-17(16)19/h1-9,13,15,20H,10-12H2/t15-/m1/s1. The van der Waals surface area contributed by atoms with E-state index in [1.54, 1.807) is 6.33 Å². The Bertz CT molecular complexity index is 694. The number of ether oxygens (including phenoxy) is 1. The van der Waals surface area contributed by atoms with Crippen molar-refractivity contribution in [1.29, 1.82) is 0 Å². The highest BCUT2D eigenvalue weighted by Gasteiger charge is 2.08. The Kier molecular flexibility index (Phi) is 4.28. The molecule has 4 nitrogen and oxygen atoms in total. The number of imidazole rings is 1. The fourth-order valence-corrected chi connectivity index (χ4v) is 2.32. The van der Waals surface area contributed by atoms with Gasteiger partial charge >= 0.3 is 0 Å². The molecule has 4 heteroatoms. The second-order valence-electron chi connectivity index (χ2n) is 5.04. The van der Waals surface area contributed by atoms with Crippen molar-refractivity contribution in [2.75, 3.05) is 6.61 Å². The maximum Gasteiger partial charge on any atom is 0.0959 e. The third-order valence-electron chi connectivity index (χ3n) is 3.36. The summed E-state index contributed by atoms with van der Waals surface area (Å²) >= 11 is 0. The van der Waals surface area contributed by atoms with Gasteiger partial charge in [0.05, 0.1) is 43.2 Å². The zero-order valence-electron chi connectivity index (χ0n) is 11.7. The van der Waals surface area contributed by atoms with E-state index >= 15 is 0 Å². The molecule has 0 aliphatic rings. The summed E-state index contributed by atoms with van der Waals surface area (Å²) in [6.45, 7) is 1.30. The van der Waals surface area contributed by atoms with Crippen LogP contribution in [0.25, 0.3) is 11.0 Å². The predicted octanol–water partition coefficient (Wildman–Crippen LogP) is 2.61. The Morgan fingerprint density at radius 2 is 1.81 bits per heavy atom. The Hall–Kier alpha value is -2.17. The van der Waals surface area contributed by atoms with Gasteiger partial charge in [-0.15, -0.1) is 0 Å². The second-order valence-corrected chi connectivity index (χ2v) is 5.04. The average molecular weight is 282 g/mol. The molecule has 21 heavy (non-hydrogen) atoms. The van der Waals surface area contributed by atoms with E-state index in [4.69, 9.17) is 4.74 Å². The highest BCUT2D eigenvalue weighted by atomic mass is 16.5. The molecule has 0 radical (unpaired) electrons. The normalized spacial score (nSPS) is 12.6. The highest BCUT2D eigenvalue weighted by Crippen LogP contribution is 2.12. The number of rotatable bonds is 6. The molecule has 0 unspecified atom stereocenters. The summed E-state index contributed by atoms with van der Waals surface area (Å²) in [4.78, 5) is 4.31. The van der Waals surface area contributed by atoms with E-state index in [0.29, 0.717) is 19.8 Å². The van der Waals surface area contributed by atoms with Crippen molar-refractivity contribution >= 4 is 11.0 Å². The van der Waals surface area contributed by atoms with Crippen molar-refractivity contribution in [1.82, 2.24) is 9.55 Å². The summed E-state index contributed by atoms with van der Waals surface area (Å²) < 4.78 is 7.51. The van der Waals surface area contributed by atoms with Crippen LogP contribution in [0.2, 0.25) is 0 Å². The molecule has 1 N–H and O–H groups in total. The molecule has 0 amide bonds. The van der Waals surface area contributed by atoms with Gasteiger partial charge in [-0.25, -0.2) is 4.98 Å². The number of aliphatic hydroxyl groups excluding tert-OH is 1. The molecule has 0 bridgehead atoms. The Morgan fingerprint density at radius 3 is 2.67 bits per heavy atom. The van der Waals surface area contributed by atoms with Crippen LogP contribution in [0, 0.1) is 0 Å². The fraction of sp³-hybridized carbons (Fsp3) is 0.235. The molecule has 108 valence electrons. The second kappa shape index (κ2) is 6.52. The first kappa shape index (κ1) is 13.8.